The van der Waals surface area contributed by atoms with Crippen LogP contribution in [-0.4, -0.2) is 40.0 Å². The van der Waals surface area contributed by atoms with Gasteiger partial charge in [-0.1, -0.05) is 39.0 Å². The van der Waals surface area contributed by atoms with E-state index in [1.165, 1.54) is 0 Å². The van der Waals surface area contributed by atoms with E-state index in [1.807, 2.05) is 56.8 Å². The Kier molecular flexibility index (Phi) is 7.60. The number of H-pyrrole nitrogens is 1. The number of nitrogens with two attached hydrogens (primary N) is 1. The molecule has 0 spiro atoms. The van der Waals surface area contributed by atoms with Crippen molar-refractivity contribution < 1.29 is 27.4 Å². The number of carbonyl (C=O) groups is 1. The second-order valence-electron chi connectivity index (χ2n) is 11.2. The van der Waals surface area contributed by atoms with Crippen molar-refractivity contribution in [3.8, 4) is 11.6 Å². The van der Waals surface area contributed by atoms with Gasteiger partial charge in [0.1, 0.15) is 18.2 Å². The zero-order chi connectivity index (χ0) is 29.5. The number of hydrogen-bond acceptors (Lipinski definition) is 4. The summed E-state index contributed by atoms with van der Waals surface area (Å²) in [5, 5.41) is 0.994. The Morgan fingerprint density at radius 2 is 1.93 bits per heavy atom. The molecule has 0 radical (unpaired) electrons. The summed E-state index contributed by atoms with van der Waals surface area (Å²) < 4.78 is 56.1. The van der Waals surface area contributed by atoms with E-state index in [9.17, 15) is 18.0 Å². The van der Waals surface area contributed by atoms with Crippen LogP contribution in [0.5, 0.6) is 5.75 Å². The largest absolute Gasteiger partial charge is 0.491 e. The van der Waals surface area contributed by atoms with Crippen LogP contribution >= 0.6 is 0 Å². The number of fused-ring (bicyclic) bond motifs is 1. The van der Waals surface area contributed by atoms with Crippen LogP contribution in [0.2, 0.25) is 0 Å². The first kappa shape index (κ1) is 28.7. The third kappa shape index (κ3) is 5.56. The fourth-order valence-electron chi connectivity index (χ4n) is 5.36. The van der Waals surface area contributed by atoms with Gasteiger partial charge in [-0.25, -0.2) is 4.68 Å². The van der Waals surface area contributed by atoms with Crippen molar-refractivity contribution in [2.24, 2.45) is 17.8 Å². The number of nitrogens with one attached hydrogen (secondary N) is 1. The van der Waals surface area contributed by atoms with E-state index in [-0.39, 0.29) is 41.5 Å². The number of ether oxygens (including phenoxy) is 2. The highest BCUT2D eigenvalue weighted by molar-refractivity contribution is 5.98. The van der Waals surface area contributed by atoms with Crippen molar-refractivity contribution in [1.82, 2.24) is 14.3 Å². The van der Waals surface area contributed by atoms with Gasteiger partial charge >= 0.3 is 6.18 Å². The van der Waals surface area contributed by atoms with Crippen molar-refractivity contribution in [2.75, 3.05) is 19.8 Å². The lowest BCUT2D eigenvalue weighted by atomic mass is 9.92. The molecule has 11 heteroatoms. The minimum atomic E-state index is -4.64. The molecular formula is C30H34F3N5O3. The van der Waals surface area contributed by atoms with Gasteiger partial charge in [0.05, 0.1) is 17.2 Å². The molecule has 2 aromatic carbocycles. The van der Waals surface area contributed by atoms with Gasteiger partial charge in [-0.15, -0.1) is 0 Å². The maximum Gasteiger partial charge on any atom is 0.416 e. The molecule has 0 saturated carbocycles. The molecule has 3 heterocycles. The first-order valence-corrected chi connectivity index (χ1v) is 13.6. The summed E-state index contributed by atoms with van der Waals surface area (Å²) in [6.45, 7) is 6.92. The number of aromatic nitrogens is 3. The average molecular weight is 570 g/mol. The van der Waals surface area contributed by atoms with Crippen molar-refractivity contribution in [2.45, 2.75) is 51.3 Å². The Morgan fingerprint density at radius 1 is 1.17 bits per heavy atom. The molecule has 41 heavy (non-hydrogen) atoms. The predicted octanol–water partition coefficient (Wildman–Crippen LogP) is 5.54. The third-order valence-electron chi connectivity index (χ3n) is 7.22. The Labute approximate surface area is 235 Å². The summed E-state index contributed by atoms with van der Waals surface area (Å²) in [4.78, 5) is 21.5. The van der Waals surface area contributed by atoms with E-state index < -0.39 is 17.6 Å². The predicted molar refractivity (Wildman–Crippen MR) is 149 cm³/mol. The highest BCUT2D eigenvalue weighted by atomic mass is 19.4. The Morgan fingerprint density at radius 3 is 2.59 bits per heavy atom. The Hall–Kier alpha value is -3.83. The van der Waals surface area contributed by atoms with Crippen molar-refractivity contribution >= 4 is 16.8 Å². The zero-order valence-electron chi connectivity index (χ0n) is 23.5. The lowest BCUT2D eigenvalue weighted by Gasteiger charge is -2.21. The number of nitrogens with zero attached hydrogens (tertiary/aromatic N) is 3. The molecule has 3 N–H and O–H groups in total. The molecule has 218 valence electrons. The Bertz CT molecular complexity index is 1650. The summed E-state index contributed by atoms with van der Waals surface area (Å²) in [5.74, 6) is -0.189. The molecule has 0 bridgehead atoms. The third-order valence-corrected chi connectivity index (χ3v) is 7.22. The lowest BCUT2D eigenvalue weighted by Crippen LogP contribution is -2.25. The van der Waals surface area contributed by atoms with E-state index in [0.29, 0.717) is 12.4 Å². The summed E-state index contributed by atoms with van der Waals surface area (Å²) in [5.41, 5.74) is 6.90. The van der Waals surface area contributed by atoms with E-state index in [4.69, 9.17) is 15.2 Å². The number of rotatable bonds is 6. The average Bonchev–Trinajstić information content (AvgIpc) is 3.63. The number of amides is 1. The van der Waals surface area contributed by atoms with E-state index in [0.717, 1.165) is 53.2 Å². The quantitative estimate of drug-likeness (QED) is 0.318. The number of carbonyl (C=O) groups excluding carboxylic acids is 1. The van der Waals surface area contributed by atoms with E-state index in [1.54, 1.807) is 10.7 Å². The van der Waals surface area contributed by atoms with Crippen LogP contribution in [0.15, 0.2) is 53.5 Å². The van der Waals surface area contributed by atoms with E-state index in [2.05, 4.69) is 9.98 Å². The van der Waals surface area contributed by atoms with Crippen LogP contribution in [0.25, 0.3) is 16.7 Å². The number of alkyl halides is 3. The first-order chi connectivity index (χ1) is 19.4. The summed E-state index contributed by atoms with van der Waals surface area (Å²) in [6, 6.07) is 12.5. The highest BCUT2D eigenvalue weighted by Gasteiger charge is 2.33. The molecule has 4 aromatic rings. The number of benzene rings is 2. The normalized spacial score (nSPS) is 16.6. The fraction of sp³-hybridized carbons (Fsp3) is 0.400. The van der Waals surface area contributed by atoms with Gasteiger partial charge in [0.15, 0.2) is 5.49 Å². The van der Waals surface area contributed by atoms with Crippen molar-refractivity contribution in [1.29, 1.82) is 0 Å². The molecule has 1 aliphatic rings. The molecular weight excluding hydrogens is 535 g/mol. The maximum absolute atomic E-state index is 13.6. The van der Waals surface area contributed by atoms with Crippen LogP contribution in [0, 0.1) is 0 Å². The van der Waals surface area contributed by atoms with Gasteiger partial charge in [0, 0.05) is 53.8 Å². The molecule has 1 saturated heterocycles. The van der Waals surface area contributed by atoms with Gasteiger partial charge in [-0.05, 0) is 37.1 Å². The van der Waals surface area contributed by atoms with E-state index >= 15 is 0 Å². The van der Waals surface area contributed by atoms with Crippen LogP contribution in [0.3, 0.4) is 0 Å². The van der Waals surface area contributed by atoms with Gasteiger partial charge in [-0.3, -0.25) is 9.48 Å². The minimum absolute atomic E-state index is 0.0126. The molecule has 2 aromatic heterocycles. The number of aromatic amines is 1. The number of para-hydroxylation sites is 1. The lowest BCUT2D eigenvalue weighted by molar-refractivity contribution is -0.137. The molecule has 1 fully saturated rings. The standard InChI is InChI=1S/C30H34F3N5O3/c1-29(2,3)24-17-25(36-28(39)20-16-18(30(31,32)33)11-12-22(20)41-15-13-34)38(37(24)4)27-26(23-10-7-14-40-23)19-8-5-6-9-21(19)35-27/h5-6,8-9,11-12,16-17,23,35H,7,10,13-15,34H2,1-4H3/t23-/m1/s1. The van der Waals surface area contributed by atoms with Crippen LogP contribution in [0.4, 0.5) is 13.2 Å². The second kappa shape index (κ2) is 10.9. The zero-order valence-corrected chi connectivity index (χ0v) is 23.5. The monoisotopic (exact) mass is 569 g/mol. The molecule has 1 amide bonds. The smallest absolute Gasteiger partial charge is 0.416 e. The topological polar surface area (TPSA) is 99.6 Å². The van der Waals surface area contributed by atoms with Gasteiger partial charge < -0.3 is 20.2 Å². The second-order valence-corrected chi connectivity index (χ2v) is 11.2. The van der Waals surface area contributed by atoms with Gasteiger partial charge in [-0.2, -0.15) is 18.2 Å². The molecule has 0 unspecified atom stereocenters. The van der Waals surface area contributed by atoms with Crippen LogP contribution in [-0.2, 0) is 23.4 Å². The molecule has 0 aliphatic carbocycles. The minimum Gasteiger partial charge on any atom is -0.491 e. The summed E-state index contributed by atoms with van der Waals surface area (Å²) >= 11 is 0. The molecule has 1 atom stereocenters. The number of halogens is 3. The summed E-state index contributed by atoms with van der Waals surface area (Å²) in [6.07, 6.45) is -3.05. The van der Waals surface area contributed by atoms with Gasteiger partial charge in [0.25, 0.3) is 5.91 Å². The van der Waals surface area contributed by atoms with Crippen molar-refractivity contribution in [3.05, 3.63) is 76.4 Å². The number of hydrogen-bond donors (Lipinski definition) is 2. The summed E-state index contributed by atoms with van der Waals surface area (Å²) in [7, 11) is 1.87. The molecule has 5 rings (SSSR count). The molecule has 8 nitrogen and oxygen atoms in total. The maximum atomic E-state index is 13.6. The van der Waals surface area contributed by atoms with Crippen molar-refractivity contribution in [3.63, 3.8) is 0 Å². The van der Waals surface area contributed by atoms with Gasteiger partial charge in [0.2, 0.25) is 0 Å². The highest BCUT2D eigenvalue weighted by Crippen LogP contribution is 2.38. The molecule has 1 aliphatic heterocycles. The SMILES string of the molecule is Cn1c(C(C)(C)C)cc(=NC(=O)c2cc(C(F)(F)F)ccc2OCCN)n1-c1[nH]c2ccccc2c1[C@H]1CCCO1. The Balaban J connectivity index is 1.75. The fourth-order valence-corrected chi connectivity index (χ4v) is 5.36. The van der Waals surface area contributed by atoms with Crippen LogP contribution < -0.4 is 16.0 Å². The van der Waals surface area contributed by atoms with Crippen LogP contribution in [0.1, 0.15) is 66.9 Å². The first-order valence-electron chi connectivity index (χ1n) is 13.6.